The van der Waals surface area contributed by atoms with E-state index >= 15 is 0 Å². The first-order valence-electron chi connectivity index (χ1n) is 9.27. The van der Waals surface area contributed by atoms with Crippen LogP contribution >= 0.6 is 0 Å². The molecule has 0 aliphatic carbocycles. The first-order chi connectivity index (χ1) is 12.7. The van der Waals surface area contributed by atoms with Crippen LogP contribution in [0, 0.1) is 6.92 Å². The van der Waals surface area contributed by atoms with Gasteiger partial charge < -0.3 is 14.4 Å². The van der Waals surface area contributed by atoms with Crippen molar-refractivity contribution in [2.45, 2.75) is 26.5 Å². The van der Waals surface area contributed by atoms with Gasteiger partial charge in [-0.25, -0.2) is 9.97 Å². The number of fused-ring (bicyclic) bond motifs is 1. The van der Waals surface area contributed by atoms with Gasteiger partial charge in [-0.05, 0) is 12.5 Å². The van der Waals surface area contributed by atoms with Crippen molar-refractivity contribution >= 4 is 5.95 Å². The Balaban J connectivity index is 1.39. The second-order valence-corrected chi connectivity index (χ2v) is 6.97. The lowest BCUT2D eigenvalue weighted by Gasteiger charge is -2.35. The molecule has 1 saturated heterocycles. The minimum atomic E-state index is 0.641. The van der Waals surface area contributed by atoms with E-state index < -0.39 is 0 Å². The van der Waals surface area contributed by atoms with Crippen molar-refractivity contribution in [3.63, 3.8) is 0 Å². The highest BCUT2D eigenvalue weighted by Crippen LogP contribution is 2.25. The molecule has 0 saturated carbocycles. The lowest BCUT2D eigenvalue weighted by atomic mass is 10.1. The predicted molar refractivity (Wildman–Crippen MR) is 101 cm³/mol. The van der Waals surface area contributed by atoms with Crippen molar-refractivity contribution in [1.82, 2.24) is 14.9 Å². The third-order valence-electron chi connectivity index (χ3n) is 5.23. The molecule has 138 valence electrons. The van der Waals surface area contributed by atoms with Crippen LogP contribution in [0.15, 0.2) is 24.4 Å². The smallest absolute Gasteiger partial charge is 0.225 e. The number of hydrogen-bond acceptors (Lipinski definition) is 6. The molecule has 0 bridgehead atoms. The van der Waals surface area contributed by atoms with Gasteiger partial charge in [-0.15, -0.1) is 0 Å². The molecule has 1 fully saturated rings. The minimum Gasteiger partial charge on any atom is -0.496 e. The molecule has 26 heavy (non-hydrogen) atoms. The molecule has 3 heterocycles. The molecule has 2 aromatic rings. The number of para-hydroxylation sites is 1. The van der Waals surface area contributed by atoms with Gasteiger partial charge in [0.15, 0.2) is 0 Å². The van der Waals surface area contributed by atoms with Crippen molar-refractivity contribution in [3.8, 4) is 5.75 Å². The molecule has 0 spiro atoms. The predicted octanol–water partition coefficient (Wildman–Crippen LogP) is 2.19. The van der Waals surface area contributed by atoms with Gasteiger partial charge in [0.1, 0.15) is 5.75 Å². The highest BCUT2D eigenvalue weighted by Gasteiger charge is 2.22. The summed E-state index contributed by atoms with van der Waals surface area (Å²) in [5, 5.41) is 0. The molecule has 1 aromatic carbocycles. The molecule has 6 nitrogen and oxygen atoms in total. The Hall–Kier alpha value is -2.18. The van der Waals surface area contributed by atoms with Crippen LogP contribution in [-0.2, 0) is 24.3 Å². The Morgan fingerprint density at radius 3 is 2.85 bits per heavy atom. The largest absolute Gasteiger partial charge is 0.496 e. The summed E-state index contributed by atoms with van der Waals surface area (Å²) in [6.07, 6.45) is 2.82. The van der Waals surface area contributed by atoms with Gasteiger partial charge in [0.05, 0.1) is 26.0 Å². The third-order valence-corrected chi connectivity index (χ3v) is 5.23. The molecule has 0 atom stereocenters. The number of methoxy groups -OCH3 is 1. The summed E-state index contributed by atoms with van der Waals surface area (Å²) in [6.45, 7) is 8.31. The number of aromatic nitrogens is 2. The van der Waals surface area contributed by atoms with E-state index in [-0.39, 0.29) is 0 Å². The summed E-state index contributed by atoms with van der Waals surface area (Å²) in [7, 11) is 1.75. The van der Waals surface area contributed by atoms with Crippen LogP contribution in [0.25, 0.3) is 0 Å². The third kappa shape index (κ3) is 3.52. The van der Waals surface area contributed by atoms with E-state index in [1.54, 1.807) is 7.11 Å². The SMILES string of the molecule is COc1c(C)cccc1CN1CCN(c2ncc3c(n2)CCOC3)CC1. The van der Waals surface area contributed by atoms with Gasteiger partial charge in [-0.2, -0.15) is 0 Å². The zero-order valence-corrected chi connectivity index (χ0v) is 15.6. The molecule has 0 radical (unpaired) electrons. The van der Waals surface area contributed by atoms with Gasteiger partial charge in [-0.3, -0.25) is 4.90 Å². The molecular weight excluding hydrogens is 328 g/mol. The van der Waals surface area contributed by atoms with Crippen molar-refractivity contribution in [2.75, 3.05) is 44.8 Å². The fourth-order valence-electron chi connectivity index (χ4n) is 3.75. The molecule has 0 N–H and O–H groups in total. The Kier molecular flexibility index (Phi) is 5.04. The summed E-state index contributed by atoms with van der Waals surface area (Å²) < 4.78 is 11.1. The molecule has 2 aliphatic rings. The van der Waals surface area contributed by atoms with E-state index in [1.165, 1.54) is 11.1 Å². The topological polar surface area (TPSA) is 50.7 Å². The number of piperazine rings is 1. The number of benzene rings is 1. The van der Waals surface area contributed by atoms with Crippen LogP contribution in [0.2, 0.25) is 0 Å². The van der Waals surface area contributed by atoms with Crippen molar-refractivity contribution in [2.24, 2.45) is 0 Å². The Morgan fingerprint density at radius 2 is 2.04 bits per heavy atom. The average Bonchev–Trinajstić information content (AvgIpc) is 2.68. The van der Waals surface area contributed by atoms with Crippen molar-refractivity contribution in [3.05, 3.63) is 46.8 Å². The number of ether oxygens (including phenoxy) is 2. The standard InChI is InChI=1S/C20H26N4O2/c1-15-4-3-5-16(19(15)25-2)13-23-7-9-24(10-8-23)20-21-12-17-14-26-11-6-18(17)22-20/h3-5,12H,6-11,13-14H2,1-2H3. The fourth-order valence-corrected chi connectivity index (χ4v) is 3.75. The maximum absolute atomic E-state index is 5.59. The second-order valence-electron chi connectivity index (χ2n) is 6.97. The van der Waals surface area contributed by atoms with Crippen LogP contribution in [0.4, 0.5) is 5.95 Å². The molecule has 4 rings (SSSR count). The quantitative estimate of drug-likeness (QED) is 0.839. The highest BCUT2D eigenvalue weighted by atomic mass is 16.5. The van der Waals surface area contributed by atoms with E-state index in [1.807, 2.05) is 6.20 Å². The maximum Gasteiger partial charge on any atom is 0.225 e. The summed E-state index contributed by atoms with van der Waals surface area (Å²) in [5.74, 6) is 1.87. The summed E-state index contributed by atoms with van der Waals surface area (Å²) in [4.78, 5) is 14.1. The van der Waals surface area contributed by atoms with E-state index in [2.05, 4.69) is 39.9 Å². The van der Waals surface area contributed by atoms with Gasteiger partial charge in [0.25, 0.3) is 0 Å². The van der Waals surface area contributed by atoms with E-state index in [4.69, 9.17) is 14.5 Å². The van der Waals surface area contributed by atoms with Crippen LogP contribution < -0.4 is 9.64 Å². The molecular formula is C20H26N4O2. The lowest BCUT2D eigenvalue weighted by molar-refractivity contribution is 0.109. The number of anilines is 1. The van der Waals surface area contributed by atoms with Gasteiger partial charge in [0, 0.05) is 56.5 Å². The monoisotopic (exact) mass is 354 g/mol. The highest BCUT2D eigenvalue weighted by molar-refractivity contribution is 5.41. The number of hydrogen-bond donors (Lipinski definition) is 0. The summed E-state index contributed by atoms with van der Waals surface area (Å²) >= 11 is 0. The molecule has 6 heteroatoms. The van der Waals surface area contributed by atoms with E-state index in [0.717, 1.165) is 68.7 Å². The Labute approximate surface area is 154 Å². The van der Waals surface area contributed by atoms with Crippen molar-refractivity contribution < 1.29 is 9.47 Å². The first-order valence-corrected chi connectivity index (χ1v) is 9.27. The molecule has 1 aromatic heterocycles. The van der Waals surface area contributed by atoms with Crippen LogP contribution in [0.5, 0.6) is 5.75 Å². The molecule has 0 amide bonds. The Bertz CT molecular complexity index is 772. The van der Waals surface area contributed by atoms with Crippen LogP contribution in [-0.4, -0.2) is 54.8 Å². The number of aryl methyl sites for hydroxylation is 1. The average molecular weight is 354 g/mol. The Morgan fingerprint density at radius 1 is 1.19 bits per heavy atom. The molecule has 2 aliphatic heterocycles. The van der Waals surface area contributed by atoms with E-state index in [0.29, 0.717) is 6.61 Å². The molecule has 0 unspecified atom stereocenters. The fraction of sp³-hybridized carbons (Fsp3) is 0.500. The normalized spacial score (nSPS) is 17.8. The van der Waals surface area contributed by atoms with Crippen LogP contribution in [0.3, 0.4) is 0 Å². The van der Waals surface area contributed by atoms with Crippen LogP contribution in [0.1, 0.15) is 22.4 Å². The van der Waals surface area contributed by atoms with Gasteiger partial charge >= 0.3 is 0 Å². The lowest BCUT2D eigenvalue weighted by Crippen LogP contribution is -2.46. The number of nitrogens with zero attached hydrogens (tertiary/aromatic N) is 4. The number of rotatable bonds is 4. The maximum atomic E-state index is 5.59. The summed E-state index contributed by atoms with van der Waals surface area (Å²) in [5.41, 5.74) is 4.72. The summed E-state index contributed by atoms with van der Waals surface area (Å²) in [6, 6.07) is 6.36. The van der Waals surface area contributed by atoms with Gasteiger partial charge in [0.2, 0.25) is 5.95 Å². The minimum absolute atomic E-state index is 0.641. The zero-order chi connectivity index (χ0) is 17.9. The van der Waals surface area contributed by atoms with E-state index in [9.17, 15) is 0 Å². The van der Waals surface area contributed by atoms with Crippen molar-refractivity contribution in [1.29, 1.82) is 0 Å². The van der Waals surface area contributed by atoms with Gasteiger partial charge in [-0.1, -0.05) is 18.2 Å². The second kappa shape index (κ2) is 7.60. The zero-order valence-electron chi connectivity index (χ0n) is 15.6. The first kappa shape index (κ1) is 17.2.